The zero-order valence-electron chi connectivity index (χ0n) is 29.2. The van der Waals surface area contributed by atoms with E-state index in [1.165, 1.54) is 12.1 Å². The minimum atomic E-state index is -4.22. The predicted molar refractivity (Wildman–Crippen MR) is 196 cm³/mol. The van der Waals surface area contributed by atoms with Crippen molar-refractivity contribution in [1.29, 1.82) is 0 Å². The second-order valence-electron chi connectivity index (χ2n) is 14.5. The molecule has 10 heteroatoms. The highest BCUT2D eigenvalue weighted by Crippen LogP contribution is 2.32. The summed E-state index contributed by atoms with van der Waals surface area (Å²) in [6.45, 7) is 12.2. The van der Waals surface area contributed by atoms with Crippen molar-refractivity contribution in [2.45, 2.75) is 59.3 Å². The summed E-state index contributed by atoms with van der Waals surface area (Å²) < 4.78 is 61.7. The van der Waals surface area contributed by atoms with E-state index in [0.717, 1.165) is 23.3 Å². The molecule has 50 heavy (non-hydrogen) atoms. The van der Waals surface area contributed by atoms with Gasteiger partial charge >= 0.3 is 0 Å². The number of halogens is 2. The molecular formula is C40H44F2N2O5S. The van der Waals surface area contributed by atoms with Crippen LogP contribution in [0.1, 0.15) is 80.1 Å². The van der Waals surface area contributed by atoms with E-state index in [2.05, 4.69) is 58.3 Å². The number of carbonyl (C=O) groups excluding carboxylic acids is 2. The molecule has 0 saturated heterocycles. The smallest absolute Gasteiger partial charge is 0.266 e. The van der Waals surface area contributed by atoms with Crippen LogP contribution >= 0.6 is 0 Å². The molecule has 2 amide bonds. The molecule has 264 valence electrons. The number of hydrogen-bond acceptors (Lipinski definition) is 4. The van der Waals surface area contributed by atoms with Crippen LogP contribution in [0.4, 0.5) is 14.5 Å². The summed E-state index contributed by atoms with van der Waals surface area (Å²) in [7, 11) is -4.22. The van der Waals surface area contributed by atoms with E-state index in [1.54, 1.807) is 24.3 Å². The van der Waals surface area contributed by atoms with E-state index < -0.39 is 45.2 Å². The lowest BCUT2D eigenvalue weighted by molar-refractivity contribution is -0.117. The summed E-state index contributed by atoms with van der Waals surface area (Å²) >= 11 is 0. The molecule has 4 aromatic carbocycles. The molecule has 0 aliphatic heterocycles. The fourth-order valence-electron chi connectivity index (χ4n) is 5.20. The fraction of sp³-hybridized carbons (Fsp3) is 0.300. The molecule has 7 nitrogen and oxygen atoms in total. The lowest BCUT2D eigenvalue weighted by Gasteiger charge is -2.20. The van der Waals surface area contributed by atoms with Crippen LogP contribution in [0, 0.1) is 17.0 Å². The first-order valence-corrected chi connectivity index (χ1v) is 17.9. The van der Waals surface area contributed by atoms with Gasteiger partial charge in [-0.25, -0.2) is 8.78 Å². The van der Waals surface area contributed by atoms with Crippen molar-refractivity contribution in [1.82, 2.24) is 5.32 Å². The van der Waals surface area contributed by atoms with Crippen molar-refractivity contribution in [2.75, 3.05) is 17.6 Å². The van der Waals surface area contributed by atoms with Crippen molar-refractivity contribution < 1.29 is 31.3 Å². The Morgan fingerprint density at radius 3 is 2.02 bits per heavy atom. The Balaban J connectivity index is 1.59. The number of hydrogen-bond donors (Lipinski definition) is 3. The van der Waals surface area contributed by atoms with Crippen LogP contribution in [0.2, 0.25) is 0 Å². The standard InChI is InChI=1S/C40H44F2N2O5S/c1-39(2,3)20-19-26-7-11-29(12-8-26)33(23-27-9-13-30(14-10-27)37(45)43-21-22-50(47,48)49)38(46)44-36-25-34(41)32(24-35(36)42)28-15-17-31(18-16-28)40(4,5)6/h7-20,24-25,33H,21-23H2,1-6H3,(H,43,45)(H,44,46)(H,47,48,49). The van der Waals surface area contributed by atoms with Crippen molar-refractivity contribution in [3.05, 3.63) is 130 Å². The topological polar surface area (TPSA) is 113 Å². The molecule has 0 fully saturated rings. The molecule has 4 aromatic rings. The van der Waals surface area contributed by atoms with Gasteiger partial charge < -0.3 is 10.6 Å². The molecule has 3 N–H and O–H groups in total. The highest BCUT2D eigenvalue weighted by Gasteiger charge is 2.24. The van der Waals surface area contributed by atoms with Crippen molar-refractivity contribution in [2.24, 2.45) is 5.41 Å². The predicted octanol–water partition coefficient (Wildman–Crippen LogP) is 8.57. The number of carbonyl (C=O) groups is 2. The third-order valence-electron chi connectivity index (χ3n) is 8.11. The number of benzene rings is 4. The maximum atomic E-state index is 15.5. The van der Waals surface area contributed by atoms with E-state index in [4.69, 9.17) is 4.55 Å². The first-order chi connectivity index (χ1) is 23.3. The van der Waals surface area contributed by atoms with Crippen LogP contribution < -0.4 is 10.6 Å². The Labute approximate surface area is 293 Å². The highest BCUT2D eigenvalue weighted by atomic mass is 32.2. The van der Waals surface area contributed by atoms with Gasteiger partial charge in [0.1, 0.15) is 11.6 Å². The fourth-order valence-corrected chi connectivity index (χ4v) is 5.56. The Bertz CT molecular complexity index is 1960. The van der Waals surface area contributed by atoms with Gasteiger partial charge in [0.25, 0.3) is 16.0 Å². The number of amides is 2. The summed E-state index contributed by atoms with van der Waals surface area (Å²) in [6, 6.07) is 23.2. The quantitative estimate of drug-likeness (QED) is 0.136. The molecule has 0 saturated carbocycles. The number of anilines is 1. The second kappa shape index (κ2) is 15.5. The molecule has 4 rings (SSSR count). The summed E-state index contributed by atoms with van der Waals surface area (Å²) in [5, 5.41) is 5.03. The Morgan fingerprint density at radius 2 is 1.46 bits per heavy atom. The summed E-state index contributed by atoms with van der Waals surface area (Å²) in [4.78, 5) is 26.3. The Kier molecular flexibility index (Phi) is 11.8. The average molecular weight is 703 g/mol. The molecule has 0 bridgehead atoms. The molecule has 0 aliphatic carbocycles. The summed E-state index contributed by atoms with van der Waals surface area (Å²) in [5.74, 6) is -3.95. The number of nitrogens with one attached hydrogen (secondary N) is 2. The first-order valence-electron chi connectivity index (χ1n) is 16.3. The summed E-state index contributed by atoms with van der Waals surface area (Å²) in [6.07, 6.45) is 4.25. The highest BCUT2D eigenvalue weighted by molar-refractivity contribution is 7.85. The zero-order chi connectivity index (χ0) is 36.9. The van der Waals surface area contributed by atoms with Gasteiger partial charge in [0.15, 0.2) is 0 Å². The second-order valence-corrected chi connectivity index (χ2v) is 16.1. The lowest BCUT2D eigenvalue weighted by Crippen LogP contribution is -2.28. The van der Waals surface area contributed by atoms with Crippen LogP contribution in [0.25, 0.3) is 17.2 Å². The van der Waals surface area contributed by atoms with Gasteiger partial charge in [-0.3, -0.25) is 14.1 Å². The van der Waals surface area contributed by atoms with Gasteiger partial charge in [0.05, 0.1) is 17.4 Å². The maximum absolute atomic E-state index is 15.5. The Hall–Kier alpha value is -4.67. The van der Waals surface area contributed by atoms with E-state index in [9.17, 15) is 18.0 Å². The van der Waals surface area contributed by atoms with E-state index in [0.29, 0.717) is 16.7 Å². The summed E-state index contributed by atoms with van der Waals surface area (Å²) in [5.41, 5.74) is 3.79. The zero-order valence-corrected chi connectivity index (χ0v) is 30.0. The minimum Gasteiger partial charge on any atom is -0.351 e. The third-order valence-corrected chi connectivity index (χ3v) is 8.83. The largest absolute Gasteiger partial charge is 0.351 e. The number of allylic oxidation sites excluding steroid dienone is 1. The third kappa shape index (κ3) is 10.9. The molecule has 0 aliphatic rings. The van der Waals surface area contributed by atoms with Crippen molar-refractivity contribution >= 4 is 33.7 Å². The van der Waals surface area contributed by atoms with E-state index >= 15 is 8.78 Å². The van der Waals surface area contributed by atoms with Crippen LogP contribution in [-0.4, -0.2) is 37.1 Å². The van der Waals surface area contributed by atoms with E-state index in [-0.39, 0.29) is 40.6 Å². The number of rotatable bonds is 11. The minimum absolute atomic E-state index is 0.0224. The van der Waals surface area contributed by atoms with Gasteiger partial charge in [0.2, 0.25) is 5.91 Å². The van der Waals surface area contributed by atoms with Crippen LogP contribution in [0.5, 0.6) is 0 Å². The van der Waals surface area contributed by atoms with Crippen LogP contribution in [-0.2, 0) is 26.7 Å². The van der Waals surface area contributed by atoms with E-state index in [1.807, 2.05) is 42.5 Å². The molecule has 0 spiro atoms. The monoisotopic (exact) mass is 702 g/mol. The van der Waals surface area contributed by atoms with Gasteiger partial charge in [0, 0.05) is 23.7 Å². The molecule has 1 atom stereocenters. The van der Waals surface area contributed by atoms with Gasteiger partial charge in [-0.2, -0.15) is 8.42 Å². The average Bonchev–Trinajstić information content (AvgIpc) is 3.03. The normalized spacial score (nSPS) is 12.9. The molecule has 0 heterocycles. The van der Waals surface area contributed by atoms with Gasteiger partial charge in [-0.05, 0) is 63.3 Å². The molecule has 0 aromatic heterocycles. The maximum Gasteiger partial charge on any atom is 0.266 e. The van der Waals surface area contributed by atoms with Crippen molar-refractivity contribution in [3.63, 3.8) is 0 Å². The molecule has 1 unspecified atom stereocenters. The van der Waals surface area contributed by atoms with Crippen LogP contribution in [0.3, 0.4) is 0 Å². The van der Waals surface area contributed by atoms with Crippen LogP contribution in [0.15, 0.2) is 91.0 Å². The first kappa shape index (κ1) is 38.1. The van der Waals surface area contributed by atoms with Gasteiger partial charge in [-0.15, -0.1) is 0 Å². The molecule has 0 radical (unpaired) electrons. The Morgan fingerprint density at radius 1 is 0.840 bits per heavy atom. The SMILES string of the molecule is CC(C)(C)C=Cc1ccc(C(Cc2ccc(C(=O)NCCS(=O)(=O)O)cc2)C(=O)Nc2cc(F)c(-c3ccc(C(C)(C)C)cc3)cc2F)cc1. The molecular weight excluding hydrogens is 659 g/mol. The van der Waals surface area contributed by atoms with Crippen molar-refractivity contribution in [3.8, 4) is 11.1 Å². The lowest BCUT2D eigenvalue weighted by atomic mass is 9.86. The van der Waals surface area contributed by atoms with Gasteiger partial charge in [-0.1, -0.05) is 114 Å².